The predicted octanol–water partition coefficient (Wildman–Crippen LogP) is 1.25. The molecular formula is C10H13ClN2O3. The van der Waals surface area contributed by atoms with E-state index in [0.29, 0.717) is 12.4 Å². The van der Waals surface area contributed by atoms with Crippen molar-refractivity contribution in [1.29, 1.82) is 0 Å². The van der Waals surface area contributed by atoms with Gasteiger partial charge in [0.15, 0.2) is 5.69 Å². The van der Waals surface area contributed by atoms with Crippen molar-refractivity contribution in [3.8, 4) is 0 Å². The first-order chi connectivity index (χ1) is 7.41. The number of hydrogen-bond donors (Lipinski definition) is 2. The van der Waals surface area contributed by atoms with Crippen molar-refractivity contribution in [2.75, 3.05) is 18.5 Å². The molecule has 16 heavy (non-hydrogen) atoms. The fourth-order valence-corrected chi connectivity index (χ4v) is 1.47. The van der Waals surface area contributed by atoms with Crippen molar-refractivity contribution in [3.05, 3.63) is 22.8 Å². The number of aromatic nitrogens is 1. The van der Waals surface area contributed by atoms with Crippen LogP contribution in [-0.4, -0.2) is 40.9 Å². The smallest absolute Gasteiger partial charge is 0.356 e. The van der Waals surface area contributed by atoms with Crippen LogP contribution in [0.5, 0.6) is 0 Å². The van der Waals surface area contributed by atoms with E-state index in [2.05, 4.69) is 4.98 Å². The Morgan fingerprint density at radius 1 is 1.62 bits per heavy atom. The van der Waals surface area contributed by atoms with E-state index in [4.69, 9.17) is 16.7 Å². The number of aliphatic hydroxyl groups excluding tert-OH is 1. The zero-order chi connectivity index (χ0) is 12.3. The Bertz CT molecular complexity index is 396. The van der Waals surface area contributed by atoms with Crippen LogP contribution in [0.3, 0.4) is 0 Å². The zero-order valence-electron chi connectivity index (χ0n) is 9.01. The van der Waals surface area contributed by atoms with E-state index in [1.807, 2.05) is 0 Å². The highest BCUT2D eigenvalue weighted by Crippen LogP contribution is 2.18. The molecule has 1 atom stereocenters. The van der Waals surface area contributed by atoms with Gasteiger partial charge in [0.25, 0.3) is 0 Å². The van der Waals surface area contributed by atoms with Crippen LogP contribution >= 0.6 is 11.6 Å². The van der Waals surface area contributed by atoms with Gasteiger partial charge in [-0.2, -0.15) is 0 Å². The van der Waals surface area contributed by atoms with Crippen molar-refractivity contribution in [3.63, 3.8) is 0 Å². The van der Waals surface area contributed by atoms with Crippen molar-refractivity contribution in [2.24, 2.45) is 0 Å². The summed E-state index contributed by atoms with van der Waals surface area (Å²) in [5, 5.41) is 18.1. The van der Waals surface area contributed by atoms with E-state index in [1.165, 1.54) is 6.07 Å². The maximum Gasteiger partial charge on any atom is 0.356 e. The molecular weight excluding hydrogens is 232 g/mol. The Labute approximate surface area is 98.3 Å². The van der Waals surface area contributed by atoms with Crippen LogP contribution in [0.2, 0.25) is 5.02 Å². The standard InChI is InChI=1S/C10H13ClN2O3/c1-6(14)5-13(2)8-4-3-7(11)9(12-8)10(15)16/h3-4,6,14H,5H2,1-2H3,(H,15,16). The largest absolute Gasteiger partial charge is 0.476 e. The molecule has 5 nitrogen and oxygen atoms in total. The number of pyridine rings is 1. The summed E-state index contributed by atoms with van der Waals surface area (Å²) in [6.07, 6.45) is -0.518. The lowest BCUT2D eigenvalue weighted by Gasteiger charge is -2.20. The van der Waals surface area contributed by atoms with Gasteiger partial charge in [-0.05, 0) is 19.1 Å². The van der Waals surface area contributed by atoms with Gasteiger partial charge in [-0.15, -0.1) is 0 Å². The number of aromatic carboxylic acids is 1. The van der Waals surface area contributed by atoms with Crippen molar-refractivity contribution in [1.82, 2.24) is 4.98 Å². The number of anilines is 1. The number of carboxylic acid groups (broad SMARTS) is 1. The Kier molecular flexibility index (Phi) is 4.09. The number of nitrogens with zero attached hydrogens (tertiary/aromatic N) is 2. The lowest BCUT2D eigenvalue weighted by atomic mass is 10.3. The van der Waals surface area contributed by atoms with Crippen LogP contribution in [0.25, 0.3) is 0 Å². The third-order valence-corrected chi connectivity index (χ3v) is 2.27. The Morgan fingerprint density at radius 2 is 2.25 bits per heavy atom. The van der Waals surface area contributed by atoms with Gasteiger partial charge in [0.2, 0.25) is 0 Å². The van der Waals surface area contributed by atoms with Gasteiger partial charge in [-0.3, -0.25) is 0 Å². The Balaban J connectivity index is 2.98. The Hall–Kier alpha value is -1.33. The fourth-order valence-electron chi connectivity index (χ4n) is 1.28. The minimum atomic E-state index is -1.17. The number of halogens is 1. The summed E-state index contributed by atoms with van der Waals surface area (Å²) < 4.78 is 0. The molecule has 0 saturated heterocycles. The molecule has 1 aromatic heterocycles. The fraction of sp³-hybridized carbons (Fsp3) is 0.400. The number of likely N-dealkylation sites (N-methyl/N-ethyl adjacent to an activating group) is 1. The zero-order valence-corrected chi connectivity index (χ0v) is 9.77. The molecule has 0 fully saturated rings. The number of hydrogen-bond acceptors (Lipinski definition) is 4. The van der Waals surface area contributed by atoms with Crippen molar-refractivity contribution < 1.29 is 15.0 Å². The third kappa shape index (κ3) is 3.08. The SMILES string of the molecule is CC(O)CN(C)c1ccc(Cl)c(C(=O)O)n1. The average Bonchev–Trinajstić information content (AvgIpc) is 2.16. The quantitative estimate of drug-likeness (QED) is 0.834. The lowest BCUT2D eigenvalue weighted by molar-refractivity contribution is 0.0691. The molecule has 6 heteroatoms. The number of rotatable bonds is 4. The van der Waals surface area contributed by atoms with Gasteiger partial charge in [-0.1, -0.05) is 11.6 Å². The van der Waals surface area contributed by atoms with E-state index in [1.54, 1.807) is 24.9 Å². The first-order valence-corrected chi connectivity index (χ1v) is 5.08. The Morgan fingerprint density at radius 3 is 2.75 bits per heavy atom. The molecule has 0 amide bonds. The first-order valence-electron chi connectivity index (χ1n) is 4.71. The van der Waals surface area contributed by atoms with Crippen molar-refractivity contribution in [2.45, 2.75) is 13.0 Å². The molecule has 0 saturated carbocycles. The second kappa shape index (κ2) is 5.14. The maximum absolute atomic E-state index is 10.8. The van der Waals surface area contributed by atoms with Crippen LogP contribution in [0, 0.1) is 0 Å². The van der Waals surface area contributed by atoms with Gasteiger partial charge in [0.1, 0.15) is 5.82 Å². The third-order valence-electron chi connectivity index (χ3n) is 1.96. The maximum atomic E-state index is 10.8. The predicted molar refractivity (Wildman–Crippen MR) is 61.2 cm³/mol. The second-order valence-electron chi connectivity index (χ2n) is 3.53. The van der Waals surface area contributed by atoms with Crippen LogP contribution in [0.1, 0.15) is 17.4 Å². The van der Waals surface area contributed by atoms with Crippen LogP contribution in [0.4, 0.5) is 5.82 Å². The topological polar surface area (TPSA) is 73.7 Å². The highest BCUT2D eigenvalue weighted by molar-refractivity contribution is 6.33. The summed E-state index contributed by atoms with van der Waals surface area (Å²) in [6, 6.07) is 3.09. The van der Waals surface area contributed by atoms with E-state index in [0.717, 1.165) is 0 Å². The first kappa shape index (κ1) is 12.7. The summed E-state index contributed by atoms with van der Waals surface area (Å²) >= 11 is 5.69. The highest BCUT2D eigenvalue weighted by atomic mass is 35.5. The monoisotopic (exact) mass is 244 g/mol. The van der Waals surface area contributed by atoms with Gasteiger partial charge < -0.3 is 15.1 Å². The molecule has 2 N–H and O–H groups in total. The summed E-state index contributed by atoms with van der Waals surface area (Å²) in [4.78, 5) is 16.4. The molecule has 1 heterocycles. The molecule has 1 aromatic rings. The molecule has 0 radical (unpaired) electrons. The van der Waals surface area contributed by atoms with E-state index in [9.17, 15) is 9.90 Å². The minimum absolute atomic E-state index is 0.0988. The molecule has 0 spiro atoms. The molecule has 1 rings (SSSR count). The molecule has 0 aromatic carbocycles. The van der Waals surface area contributed by atoms with Gasteiger partial charge >= 0.3 is 5.97 Å². The number of carbonyl (C=O) groups is 1. The molecule has 0 aliphatic rings. The lowest BCUT2D eigenvalue weighted by Crippen LogP contribution is -2.28. The van der Waals surface area contributed by atoms with Crippen LogP contribution in [0.15, 0.2) is 12.1 Å². The number of carboxylic acids is 1. The summed E-state index contributed by atoms with van der Waals surface area (Å²) in [5.74, 6) is -0.708. The number of aliphatic hydroxyl groups is 1. The van der Waals surface area contributed by atoms with Gasteiger partial charge in [-0.25, -0.2) is 9.78 Å². The summed E-state index contributed by atoms with van der Waals surface area (Å²) in [6.45, 7) is 2.01. The molecule has 88 valence electrons. The van der Waals surface area contributed by atoms with Crippen LogP contribution in [-0.2, 0) is 0 Å². The van der Waals surface area contributed by atoms with Gasteiger partial charge in [0, 0.05) is 13.6 Å². The van der Waals surface area contributed by atoms with E-state index in [-0.39, 0.29) is 10.7 Å². The van der Waals surface area contributed by atoms with Crippen molar-refractivity contribution >= 4 is 23.4 Å². The second-order valence-corrected chi connectivity index (χ2v) is 3.94. The normalized spacial score (nSPS) is 12.2. The molecule has 0 aliphatic heterocycles. The molecule has 0 bridgehead atoms. The van der Waals surface area contributed by atoms with Gasteiger partial charge in [0.05, 0.1) is 11.1 Å². The average molecular weight is 245 g/mol. The van der Waals surface area contributed by atoms with Crippen LogP contribution < -0.4 is 4.90 Å². The summed E-state index contributed by atoms with van der Waals surface area (Å²) in [7, 11) is 1.72. The summed E-state index contributed by atoms with van der Waals surface area (Å²) in [5.41, 5.74) is -0.184. The highest BCUT2D eigenvalue weighted by Gasteiger charge is 2.13. The molecule has 0 aliphatic carbocycles. The van der Waals surface area contributed by atoms with E-state index < -0.39 is 12.1 Å². The molecule has 1 unspecified atom stereocenters. The van der Waals surface area contributed by atoms with E-state index >= 15 is 0 Å². The minimum Gasteiger partial charge on any atom is -0.476 e.